The highest BCUT2D eigenvalue weighted by atomic mass is 16.3. The van der Waals surface area contributed by atoms with Crippen molar-refractivity contribution in [3.05, 3.63) is 119 Å². The van der Waals surface area contributed by atoms with E-state index in [1.165, 1.54) is 54.9 Å². The molecular formula is C32H24O. The van der Waals surface area contributed by atoms with Gasteiger partial charge in [-0.15, -0.1) is 0 Å². The molecule has 1 heteroatoms. The maximum Gasteiger partial charge on any atom is 0.136 e. The summed E-state index contributed by atoms with van der Waals surface area (Å²) in [5, 5.41) is 4.98. The van der Waals surface area contributed by atoms with Gasteiger partial charge in [-0.05, 0) is 62.7 Å². The zero-order valence-electron chi connectivity index (χ0n) is 18.9. The molecule has 0 aliphatic heterocycles. The van der Waals surface area contributed by atoms with E-state index >= 15 is 0 Å². The number of para-hydroxylation sites is 1. The van der Waals surface area contributed by atoms with Gasteiger partial charge in [-0.2, -0.15) is 0 Å². The summed E-state index contributed by atoms with van der Waals surface area (Å²) in [6.07, 6.45) is 0.915. The molecule has 0 spiro atoms. The smallest absolute Gasteiger partial charge is 0.136 e. The van der Waals surface area contributed by atoms with Gasteiger partial charge < -0.3 is 4.42 Å². The third-order valence-corrected chi connectivity index (χ3v) is 7.53. The van der Waals surface area contributed by atoms with Crippen molar-refractivity contribution in [2.45, 2.75) is 25.7 Å². The Morgan fingerprint density at radius 2 is 1.39 bits per heavy atom. The van der Waals surface area contributed by atoms with E-state index in [2.05, 4.69) is 105 Å². The minimum absolute atomic E-state index is 0.0303. The first-order valence-corrected chi connectivity index (χ1v) is 11.7. The molecule has 0 bridgehead atoms. The van der Waals surface area contributed by atoms with Crippen LogP contribution in [-0.2, 0) is 11.8 Å². The van der Waals surface area contributed by atoms with Crippen LogP contribution < -0.4 is 0 Å². The lowest BCUT2D eigenvalue weighted by Crippen LogP contribution is -2.15. The number of hydrogen-bond donors (Lipinski definition) is 0. The molecule has 0 unspecified atom stereocenters. The summed E-state index contributed by atoms with van der Waals surface area (Å²) in [4.78, 5) is 0. The summed E-state index contributed by atoms with van der Waals surface area (Å²) in [6, 6.07) is 35.3. The maximum absolute atomic E-state index is 6.12. The summed E-state index contributed by atoms with van der Waals surface area (Å²) in [5.74, 6) is 0. The third kappa shape index (κ3) is 2.60. The van der Waals surface area contributed by atoms with E-state index in [9.17, 15) is 0 Å². The van der Waals surface area contributed by atoms with Gasteiger partial charge in [0.2, 0.25) is 0 Å². The first kappa shape index (κ1) is 18.7. The molecule has 7 rings (SSSR count). The monoisotopic (exact) mass is 424 g/mol. The van der Waals surface area contributed by atoms with Crippen LogP contribution in [0.3, 0.4) is 0 Å². The molecule has 0 saturated heterocycles. The molecule has 1 nitrogen and oxygen atoms in total. The average Bonchev–Trinajstić information content (AvgIpc) is 3.33. The summed E-state index contributed by atoms with van der Waals surface area (Å²) in [7, 11) is 0. The van der Waals surface area contributed by atoms with Crippen LogP contribution in [0.25, 0.3) is 43.8 Å². The quantitative estimate of drug-likeness (QED) is 0.271. The van der Waals surface area contributed by atoms with Gasteiger partial charge >= 0.3 is 0 Å². The molecule has 0 saturated carbocycles. The molecule has 0 radical (unpaired) electrons. The van der Waals surface area contributed by atoms with Crippen LogP contribution in [0.1, 0.15) is 36.1 Å². The Kier molecular flexibility index (Phi) is 3.73. The minimum atomic E-state index is 0.0303. The first-order valence-electron chi connectivity index (χ1n) is 11.7. The molecule has 1 heterocycles. The minimum Gasteiger partial charge on any atom is -0.456 e. The summed E-state index contributed by atoms with van der Waals surface area (Å²) < 4.78 is 6.12. The lowest BCUT2D eigenvalue weighted by atomic mass is 9.81. The molecule has 0 amide bonds. The molecule has 1 aromatic heterocycles. The van der Waals surface area contributed by atoms with Crippen molar-refractivity contribution in [2.24, 2.45) is 0 Å². The van der Waals surface area contributed by atoms with Crippen molar-refractivity contribution < 1.29 is 4.42 Å². The van der Waals surface area contributed by atoms with Gasteiger partial charge in [0.25, 0.3) is 0 Å². The summed E-state index contributed by atoms with van der Waals surface area (Å²) >= 11 is 0. The van der Waals surface area contributed by atoms with Gasteiger partial charge in [0.05, 0.1) is 0 Å². The average molecular weight is 425 g/mol. The van der Waals surface area contributed by atoms with Crippen molar-refractivity contribution in [1.29, 1.82) is 0 Å². The summed E-state index contributed by atoms with van der Waals surface area (Å²) in [5.41, 5.74) is 10.3. The highest BCUT2D eigenvalue weighted by Gasteiger charge is 2.35. The topological polar surface area (TPSA) is 13.1 Å². The van der Waals surface area contributed by atoms with Crippen LogP contribution in [0.4, 0.5) is 0 Å². The third-order valence-electron chi connectivity index (χ3n) is 7.53. The molecular weight excluding hydrogens is 400 g/mol. The number of furan rings is 1. The zero-order chi connectivity index (χ0) is 22.2. The molecule has 0 N–H and O–H groups in total. The molecule has 33 heavy (non-hydrogen) atoms. The number of benzene rings is 5. The van der Waals surface area contributed by atoms with E-state index in [0.717, 1.165) is 17.6 Å². The maximum atomic E-state index is 6.12. The molecule has 0 fully saturated rings. The van der Waals surface area contributed by atoms with Gasteiger partial charge in [-0.3, -0.25) is 0 Å². The SMILES string of the molecule is CC1(C)c2ccccc2-c2ccc(Cc3cccc4c3ccc3oc5ccccc5c34)cc21. The lowest BCUT2D eigenvalue weighted by molar-refractivity contribution is 0.659. The fraction of sp³-hybridized carbons (Fsp3) is 0.125. The fourth-order valence-corrected chi connectivity index (χ4v) is 5.88. The van der Waals surface area contributed by atoms with Crippen LogP contribution in [0, 0.1) is 0 Å². The second kappa shape index (κ2) is 6.59. The summed E-state index contributed by atoms with van der Waals surface area (Å²) in [6.45, 7) is 4.69. The van der Waals surface area contributed by atoms with E-state index in [1.54, 1.807) is 0 Å². The van der Waals surface area contributed by atoms with Gasteiger partial charge in [-0.1, -0.05) is 98.8 Å². The Morgan fingerprint density at radius 3 is 2.33 bits per heavy atom. The predicted molar refractivity (Wildman–Crippen MR) is 138 cm³/mol. The van der Waals surface area contributed by atoms with Gasteiger partial charge in [0, 0.05) is 16.2 Å². The van der Waals surface area contributed by atoms with Crippen LogP contribution in [0.15, 0.2) is 101 Å². The van der Waals surface area contributed by atoms with Crippen molar-refractivity contribution in [1.82, 2.24) is 0 Å². The van der Waals surface area contributed by atoms with E-state index in [4.69, 9.17) is 4.42 Å². The highest BCUT2D eigenvalue weighted by Crippen LogP contribution is 2.48. The predicted octanol–water partition coefficient (Wildman–Crippen LogP) is 8.64. The first-order chi connectivity index (χ1) is 16.1. The van der Waals surface area contributed by atoms with Gasteiger partial charge in [0.15, 0.2) is 0 Å². The standard InChI is InChI=1S/C32H24O/c1-32(2)27-12-5-3-9-23(27)24-15-14-20(19-28(24)32)18-21-8-7-11-25-22(21)16-17-30-31(25)26-10-4-6-13-29(26)33-30/h3-17,19H,18H2,1-2H3. The van der Waals surface area contributed by atoms with Crippen LogP contribution in [0.5, 0.6) is 0 Å². The molecule has 5 aromatic carbocycles. The van der Waals surface area contributed by atoms with Crippen molar-refractivity contribution in [3.8, 4) is 11.1 Å². The van der Waals surface area contributed by atoms with Gasteiger partial charge in [0.1, 0.15) is 11.2 Å². The van der Waals surface area contributed by atoms with E-state index < -0.39 is 0 Å². The van der Waals surface area contributed by atoms with Crippen molar-refractivity contribution >= 4 is 32.7 Å². The van der Waals surface area contributed by atoms with Crippen LogP contribution in [-0.4, -0.2) is 0 Å². The molecule has 158 valence electrons. The molecule has 1 aliphatic carbocycles. The number of rotatable bonds is 2. The Balaban J connectivity index is 1.37. The van der Waals surface area contributed by atoms with Crippen molar-refractivity contribution in [2.75, 3.05) is 0 Å². The second-order valence-electron chi connectivity index (χ2n) is 9.78. The molecule has 0 atom stereocenters. The highest BCUT2D eigenvalue weighted by molar-refractivity contribution is 6.19. The Morgan fingerprint density at radius 1 is 0.606 bits per heavy atom. The van der Waals surface area contributed by atoms with Crippen LogP contribution >= 0.6 is 0 Å². The van der Waals surface area contributed by atoms with E-state index in [1.807, 2.05) is 6.07 Å². The van der Waals surface area contributed by atoms with E-state index in [0.29, 0.717) is 0 Å². The zero-order valence-corrected chi connectivity index (χ0v) is 18.9. The molecule has 6 aromatic rings. The lowest BCUT2D eigenvalue weighted by Gasteiger charge is -2.22. The number of hydrogen-bond acceptors (Lipinski definition) is 1. The normalized spacial score (nSPS) is 14.1. The second-order valence-corrected chi connectivity index (χ2v) is 9.78. The molecule has 1 aliphatic rings. The number of fused-ring (bicyclic) bond motifs is 8. The van der Waals surface area contributed by atoms with E-state index in [-0.39, 0.29) is 5.41 Å². The Hall–Kier alpha value is -3.84. The van der Waals surface area contributed by atoms with Crippen LogP contribution in [0.2, 0.25) is 0 Å². The Labute approximate surface area is 193 Å². The Bertz CT molecular complexity index is 1710. The fourth-order valence-electron chi connectivity index (χ4n) is 5.88. The largest absolute Gasteiger partial charge is 0.456 e. The van der Waals surface area contributed by atoms with Gasteiger partial charge in [-0.25, -0.2) is 0 Å². The van der Waals surface area contributed by atoms with Crippen molar-refractivity contribution in [3.63, 3.8) is 0 Å².